The van der Waals surface area contributed by atoms with Crippen molar-refractivity contribution in [2.75, 3.05) is 44.7 Å². The highest BCUT2D eigenvalue weighted by Crippen LogP contribution is 2.19. The number of benzene rings is 1. The van der Waals surface area contributed by atoms with Gasteiger partial charge in [-0.2, -0.15) is 0 Å². The van der Waals surface area contributed by atoms with Gasteiger partial charge in [-0.15, -0.1) is 0 Å². The summed E-state index contributed by atoms with van der Waals surface area (Å²) in [5.41, 5.74) is 1.14. The van der Waals surface area contributed by atoms with E-state index < -0.39 is 0 Å². The quantitative estimate of drug-likeness (QED) is 0.638. The first-order valence-electron chi connectivity index (χ1n) is 8.25. The number of aliphatic imine (C=N–C) groups is 1. The average Bonchev–Trinajstić information content (AvgIpc) is 2.59. The Balaban J connectivity index is 1.79. The first kappa shape index (κ1) is 18.4. The Morgan fingerprint density at radius 2 is 1.83 bits per heavy atom. The van der Waals surface area contributed by atoms with Crippen molar-refractivity contribution in [1.29, 1.82) is 0 Å². The molecule has 0 aliphatic carbocycles. The number of halogens is 1. The fourth-order valence-electron chi connectivity index (χ4n) is 2.61. The molecule has 24 heavy (non-hydrogen) atoms. The highest BCUT2D eigenvalue weighted by molar-refractivity contribution is 6.30. The first-order valence-corrected chi connectivity index (χ1v) is 8.63. The summed E-state index contributed by atoms with van der Waals surface area (Å²) in [4.78, 5) is 20.6. The number of nitrogens with one attached hydrogen (secondary N) is 2. The van der Waals surface area contributed by atoms with Gasteiger partial charge in [-0.1, -0.05) is 11.6 Å². The third-order valence-electron chi connectivity index (χ3n) is 3.88. The predicted octanol–water partition coefficient (Wildman–Crippen LogP) is 1.56. The molecule has 6 nitrogen and oxygen atoms in total. The molecule has 0 unspecified atom stereocenters. The van der Waals surface area contributed by atoms with Crippen molar-refractivity contribution >= 4 is 29.2 Å². The summed E-state index contributed by atoms with van der Waals surface area (Å²) < 4.78 is 0. The number of nitrogens with zero attached hydrogens (tertiary/aromatic N) is 3. The molecule has 1 aliphatic heterocycles. The Morgan fingerprint density at radius 1 is 1.21 bits per heavy atom. The maximum absolute atomic E-state index is 12.3. The first-order chi connectivity index (χ1) is 11.5. The number of guanidine groups is 1. The van der Waals surface area contributed by atoms with Gasteiger partial charge in [-0.25, -0.2) is 0 Å². The Bertz CT molecular complexity index is 565. The number of rotatable bonds is 4. The molecule has 0 radical (unpaired) electrons. The summed E-state index contributed by atoms with van der Waals surface area (Å²) in [6.45, 7) is 7.42. The van der Waals surface area contributed by atoms with E-state index in [1.807, 2.05) is 43.0 Å². The Kier molecular flexibility index (Phi) is 6.73. The molecule has 1 amide bonds. The minimum absolute atomic E-state index is 0.0949. The zero-order valence-electron chi connectivity index (χ0n) is 14.6. The van der Waals surface area contributed by atoms with Gasteiger partial charge < -0.3 is 20.4 Å². The van der Waals surface area contributed by atoms with Crippen LogP contribution in [-0.2, 0) is 4.79 Å². The molecule has 1 fully saturated rings. The van der Waals surface area contributed by atoms with Gasteiger partial charge in [0, 0.05) is 50.0 Å². The topological polar surface area (TPSA) is 60.0 Å². The standard InChI is InChI=1S/C17H26ClN5O/c1-13(2)21-17(19-3)20-12-16(24)23-10-8-22(9-11-23)15-6-4-14(18)5-7-15/h4-7,13H,8-12H2,1-3H3,(H2,19,20,21). The molecule has 1 aliphatic rings. The highest BCUT2D eigenvalue weighted by atomic mass is 35.5. The van der Waals surface area contributed by atoms with E-state index in [0.717, 1.165) is 36.9 Å². The second kappa shape index (κ2) is 8.78. The van der Waals surface area contributed by atoms with Crippen LogP contribution in [0.1, 0.15) is 13.8 Å². The third-order valence-corrected chi connectivity index (χ3v) is 4.13. The van der Waals surface area contributed by atoms with Crippen LogP contribution in [0, 0.1) is 0 Å². The van der Waals surface area contributed by atoms with E-state index in [-0.39, 0.29) is 18.5 Å². The summed E-state index contributed by atoms with van der Waals surface area (Å²) in [6, 6.07) is 8.10. The van der Waals surface area contributed by atoms with E-state index in [1.165, 1.54) is 0 Å². The van der Waals surface area contributed by atoms with Gasteiger partial charge in [0.1, 0.15) is 0 Å². The normalized spacial score (nSPS) is 15.6. The van der Waals surface area contributed by atoms with Crippen LogP contribution in [0.15, 0.2) is 29.3 Å². The largest absolute Gasteiger partial charge is 0.368 e. The SMILES string of the molecule is CN=C(NCC(=O)N1CCN(c2ccc(Cl)cc2)CC1)NC(C)C. The van der Waals surface area contributed by atoms with E-state index in [4.69, 9.17) is 11.6 Å². The van der Waals surface area contributed by atoms with Gasteiger partial charge in [0.05, 0.1) is 6.54 Å². The lowest BCUT2D eigenvalue weighted by Gasteiger charge is -2.36. The molecular formula is C17H26ClN5O. The van der Waals surface area contributed by atoms with Crippen LogP contribution in [0.2, 0.25) is 5.02 Å². The van der Waals surface area contributed by atoms with Crippen molar-refractivity contribution in [2.45, 2.75) is 19.9 Å². The molecule has 1 aromatic rings. The maximum atomic E-state index is 12.3. The van der Waals surface area contributed by atoms with Crippen molar-refractivity contribution in [3.05, 3.63) is 29.3 Å². The van der Waals surface area contributed by atoms with E-state index in [2.05, 4.69) is 20.5 Å². The number of piperazine rings is 1. The molecule has 0 bridgehead atoms. The zero-order chi connectivity index (χ0) is 17.5. The molecular weight excluding hydrogens is 326 g/mol. The van der Waals surface area contributed by atoms with Gasteiger partial charge in [0.25, 0.3) is 0 Å². The lowest BCUT2D eigenvalue weighted by Crippen LogP contribution is -2.52. The maximum Gasteiger partial charge on any atom is 0.242 e. The number of amides is 1. The lowest BCUT2D eigenvalue weighted by atomic mass is 10.2. The second-order valence-corrected chi connectivity index (χ2v) is 6.51. The molecule has 1 heterocycles. The molecule has 0 spiro atoms. The summed E-state index contributed by atoms with van der Waals surface area (Å²) >= 11 is 5.93. The number of anilines is 1. The van der Waals surface area contributed by atoms with Crippen LogP contribution in [0.5, 0.6) is 0 Å². The molecule has 0 atom stereocenters. The summed E-state index contributed by atoms with van der Waals surface area (Å²) in [5, 5.41) is 6.97. The van der Waals surface area contributed by atoms with E-state index in [1.54, 1.807) is 7.05 Å². The fourth-order valence-corrected chi connectivity index (χ4v) is 2.73. The summed E-state index contributed by atoms with van der Waals surface area (Å²) in [7, 11) is 1.70. The predicted molar refractivity (Wildman–Crippen MR) is 99.9 cm³/mol. The van der Waals surface area contributed by atoms with Crippen LogP contribution in [-0.4, -0.2) is 62.6 Å². The fraction of sp³-hybridized carbons (Fsp3) is 0.529. The van der Waals surface area contributed by atoms with Gasteiger partial charge in [-0.05, 0) is 38.1 Å². The monoisotopic (exact) mass is 351 g/mol. The number of carbonyl (C=O) groups excluding carboxylic acids is 1. The van der Waals surface area contributed by atoms with Crippen molar-refractivity contribution in [3.8, 4) is 0 Å². The van der Waals surface area contributed by atoms with Crippen molar-refractivity contribution in [3.63, 3.8) is 0 Å². The Labute approximate surface area is 148 Å². The van der Waals surface area contributed by atoms with Crippen molar-refractivity contribution in [1.82, 2.24) is 15.5 Å². The van der Waals surface area contributed by atoms with Gasteiger partial charge >= 0.3 is 0 Å². The van der Waals surface area contributed by atoms with Crippen LogP contribution < -0.4 is 15.5 Å². The van der Waals surface area contributed by atoms with Gasteiger partial charge in [-0.3, -0.25) is 9.79 Å². The highest BCUT2D eigenvalue weighted by Gasteiger charge is 2.21. The van der Waals surface area contributed by atoms with E-state index in [9.17, 15) is 4.79 Å². The number of carbonyl (C=O) groups is 1. The number of hydrogen-bond donors (Lipinski definition) is 2. The van der Waals surface area contributed by atoms with E-state index >= 15 is 0 Å². The van der Waals surface area contributed by atoms with Crippen LogP contribution in [0.3, 0.4) is 0 Å². The van der Waals surface area contributed by atoms with Crippen LogP contribution in [0.4, 0.5) is 5.69 Å². The molecule has 0 aromatic heterocycles. The van der Waals surface area contributed by atoms with Crippen LogP contribution in [0.25, 0.3) is 0 Å². The van der Waals surface area contributed by atoms with Crippen molar-refractivity contribution in [2.24, 2.45) is 4.99 Å². The molecule has 1 saturated heterocycles. The Morgan fingerprint density at radius 3 is 2.38 bits per heavy atom. The second-order valence-electron chi connectivity index (χ2n) is 6.07. The van der Waals surface area contributed by atoms with E-state index in [0.29, 0.717) is 5.96 Å². The Hall–Kier alpha value is -1.95. The minimum Gasteiger partial charge on any atom is -0.368 e. The molecule has 7 heteroatoms. The van der Waals surface area contributed by atoms with Crippen molar-refractivity contribution < 1.29 is 4.79 Å². The average molecular weight is 352 g/mol. The zero-order valence-corrected chi connectivity index (χ0v) is 15.3. The smallest absolute Gasteiger partial charge is 0.242 e. The lowest BCUT2D eigenvalue weighted by molar-refractivity contribution is -0.130. The minimum atomic E-state index is 0.0949. The van der Waals surface area contributed by atoms with Crippen LogP contribution >= 0.6 is 11.6 Å². The molecule has 2 rings (SSSR count). The molecule has 132 valence electrons. The number of hydrogen-bond acceptors (Lipinski definition) is 3. The molecule has 0 saturated carbocycles. The molecule has 2 N–H and O–H groups in total. The van der Waals surface area contributed by atoms with Gasteiger partial charge in [0.2, 0.25) is 5.91 Å². The third kappa shape index (κ3) is 5.30. The summed E-state index contributed by atoms with van der Waals surface area (Å²) in [5.74, 6) is 0.746. The molecule has 1 aromatic carbocycles. The van der Waals surface area contributed by atoms with Gasteiger partial charge in [0.15, 0.2) is 5.96 Å². The summed E-state index contributed by atoms with van der Waals surface area (Å²) in [6.07, 6.45) is 0.